The summed E-state index contributed by atoms with van der Waals surface area (Å²) < 4.78 is 0. The van der Waals surface area contributed by atoms with Crippen molar-refractivity contribution in [3.05, 3.63) is 12.2 Å². The number of carbonyl (C=O) groups excluding carboxylic acids is 2. The minimum Gasteiger partial charge on any atom is -0.481 e. The van der Waals surface area contributed by atoms with Crippen LogP contribution >= 0.6 is 0 Å². The molecule has 20 heavy (non-hydrogen) atoms. The van der Waals surface area contributed by atoms with Crippen LogP contribution in [0.1, 0.15) is 32.6 Å². The molecule has 0 spiro atoms. The monoisotopic (exact) mass is 280 g/mol. The molecule has 0 aromatic carbocycles. The van der Waals surface area contributed by atoms with Crippen LogP contribution in [-0.4, -0.2) is 35.0 Å². The maximum atomic E-state index is 12.1. The second-order valence-corrected chi connectivity index (χ2v) is 5.51. The van der Waals surface area contributed by atoms with Gasteiger partial charge in [0.05, 0.1) is 11.8 Å². The van der Waals surface area contributed by atoms with Crippen LogP contribution in [0.2, 0.25) is 0 Å². The molecule has 110 valence electrons. The lowest BCUT2D eigenvalue weighted by atomic mass is 9.82. The number of hydrogen-bond donors (Lipinski definition) is 3. The molecular weight excluding hydrogens is 260 g/mol. The first-order valence-corrected chi connectivity index (χ1v) is 6.97. The summed E-state index contributed by atoms with van der Waals surface area (Å²) in [6, 6.07) is -0.394. The molecule has 3 unspecified atom stereocenters. The number of hydrogen-bond acceptors (Lipinski definition) is 3. The van der Waals surface area contributed by atoms with Crippen molar-refractivity contribution in [2.75, 3.05) is 0 Å². The zero-order valence-corrected chi connectivity index (χ0v) is 11.5. The summed E-state index contributed by atoms with van der Waals surface area (Å²) in [5, 5.41) is 14.6. The van der Waals surface area contributed by atoms with Gasteiger partial charge in [-0.05, 0) is 32.6 Å². The molecule has 2 aliphatic carbocycles. The van der Waals surface area contributed by atoms with E-state index in [0.29, 0.717) is 12.8 Å². The van der Waals surface area contributed by atoms with E-state index in [1.807, 2.05) is 6.08 Å². The van der Waals surface area contributed by atoms with Gasteiger partial charge in [0, 0.05) is 6.04 Å². The number of nitrogens with one attached hydrogen (secondary N) is 2. The molecule has 0 aromatic rings. The van der Waals surface area contributed by atoms with E-state index in [9.17, 15) is 14.4 Å². The summed E-state index contributed by atoms with van der Waals surface area (Å²) in [6.45, 7) is 1.62. The number of carboxylic acid groups (broad SMARTS) is 1. The van der Waals surface area contributed by atoms with Crippen LogP contribution in [0, 0.1) is 11.8 Å². The van der Waals surface area contributed by atoms with Gasteiger partial charge in [-0.25, -0.2) is 0 Å². The average Bonchev–Trinajstić information content (AvgIpc) is 3.22. The van der Waals surface area contributed by atoms with Crippen LogP contribution in [0.5, 0.6) is 0 Å². The van der Waals surface area contributed by atoms with Crippen LogP contribution in [0.15, 0.2) is 12.2 Å². The standard InChI is InChI=1S/C14H20N2O4/c1-8(12(17)16-9-6-7-9)15-13(18)10-4-2-3-5-11(10)14(19)20/h2-3,8-11H,4-7H2,1H3,(H,15,18)(H,16,17)(H,19,20). The van der Waals surface area contributed by atoms with E-state index in [0.717, 1.165) is 12.8 Å². The molecule has 0 bridgehead atoms. The highest BCUT2D eigenvalue weighted by Crippen LogP contribution is 2.26. The van der Waals surface area contributed by atoms with Crippen molar-refractivity contribution in [1.82, 2.24) is 10.6 Å². The normalized spacial score (nSPS) is 26.6. The molecular formula is C14H20N2O4. The lowest BCUT2D eigenvalue weighted by molar-refractivity contribution is -0.147. The highest BCUT2D eigenvalue weighted by Gasteiger charge is 2.35. The molecule has 0 radical (unpaired) electrons. The molecule has 1 saturated carbocycles. The second kappa shape index (κ2) is 6.07. The van der Waals surface area contributed by atoms with Gasteiger partial charge in [-0.1, -0.05) is 12.2 Å². The summed E-state index contributed by atoms with van der Waals surface area (Å²) in [7, 11) is 0. The number of carbonyl (C=O) groups is 3. The highest BCUT2D eigenvalue weighted by molar-refractivity contribution is 5.90. The maximum absolute atomic E-state index is 12.1. The molecule has 2 rings (SSSR count). The molecule has 3 N–H and O–H groups in total. The summed E-state index contributed by atoms with van der Waals surface area (Å²) >= 11 is 0. The molecule has 0 saturated heterocycles. The Hall–Kier alpha value is -1.85. The Morgan fingerprint density at radius 1 is 1.15 bits per heavy atom. The van der Waals surface area contributed by atoms with E-state index >= 15 is 0 Å². The van der Waals surface area contributed by atoms with E-state index in [1.165, 1.54) is 0 Å². The smallest absolute Gasteiger partial charge is 0.307 e. The van der Waals surface area contributed by atoms with Crippen LogP contribution in [0.4, 0.5) is 0 Å². The van der Waals surface area contributed by atoms with E-state index in [-0.39, 0.29) is 17.9 Å². The molecule has 2 aliphatic rings. The van der Waals surface area contributed by atoms with Crippen molar-refractivity contribution >= 4 is 17.8 Å². The molecule has 3 atom stereocenters. The van der Waals surface area contributed by atoms with Gasteiger partial charge in [-0.15, -0.1) is 0 Å². The zero-order chi connectivity index (χ0) is 14.7. The molecule has 6 heteroatoms. The fourth-order valence-corrected chi connectivity index (χ4v) is 2.32. The Morgan fingerprint density at radius 2 is 1.75 bits per heavy atom. The van der Waals surface area contributed by atoms with Crippen LogP contribution in [0.25, 0.3) is 0 Å². The lowest BCUT2D eigenvalue weighted by Crippen LogP contribution is -2.49. The largest absolute Gasteiger partial charge is 0.481 e. The third-order valence-electron chi connectivity index (χ3n) is 3.76. The van der Waals surface area contributed by atoms with Gasteiger partial charge in [0.2, 0.25) is 11.8 Å². The molecule has 0 aromatic heterocycles. The van der Waals surface area contributed by atoms with Crippen molar-refractivity contribution in [2.24, 2.45) is 11.8 Å². The Balaban J connectivity index is 1.90. The van der Waals surface area contributed by atoms with Gasteiger partial charge >= 0.3 is 5.97 Å². The number of allylic oxidation sites excluding steroid dienone is 2. The molecule has 2 amide bonds. The summed E-state index contributed by atoms with van der Waals surface area (Å²) in [6.07, 6.45) is 6.34. The quantitative estimate of drug-likeness (QED) is 0.637. The van der Waals surface area contributed by atoms with Crippen LogP contribution in [-0.2, 0) is 14.4 Å². The van der Waals surface area contributed by atoms with Crippen molar-refractivity contribution in [2.45, 2.75) is 44.7 Å². The second-order valence-electron chi connectivity index (χ2n) is 5.51. The Bertz CT molecular complexity index is 442. The first-order valence-electron chi connectivity index (χ1n) is 6.97. The van der Waals surface area contributed by atoms with Gasteiger partial charge in [0.1, 0.15) is 6.04 Å². The number of carboxylic acids is 1. The first-order chi connectivity index (χ1) is 9.49. The maximum Gasteiger partial charge on any atom is 0.307 e. The van der Waals surface area contributed by atoms with Crippen LogP contribution in [0.3, 0.4) is 0 Å². The van der Waals surface area contributed by atoms with Gasteiger partial charge in [0.25, 0.3) is 0 Å². The topological polar surface area (TPSA) is 95.5 Å². The molecule has 0 heterocycles. The minimum atomic E-state index is -0.968. The minimum absolute atomic E-state index is 0.209. The van der Waals surface area contributed by atoms with E-state index in [4.69, 9.17) is 5.11 Å². The predicted molar refractivity (Wildman–Crippen MR) is 71.8 cm³/mol. The fourth-order valence-electron chi connectivity index (χ4n) is 2.32. The van der Waals surface area contributed by atoms with Crippen LogP contribution < -0.4 is 10.6 Å². The lowest BCUT2D eigenvalue weighted by Gasteiger charge is -2.25. The number of amides is 2. The predicted octanol–water partition coefficient (Wildman–Crippen LogP) is 0.437. The Kier molecular flexibility index (Phi) is 4.42. The SMILES string of the molecule is CC(NC(=O)C1CC=CCC1C(=O)O)C(=O)NC1CC1. The summed E-state index contributed by atoms with van der Waals surface area (Å²) in [4.78, 5) is 35.1. The van der Waals surface area contributed by atoms with E-state index in [2.05, 4.69) is 10.6 Å². The number of rotatable bonds is 5. The van der Waals surface area contributed by atoms with Crippen molar-refractivity contribution in [3.8, 4) is 0 Å². The summed E-state index contributed by atoms with van der Waals surface area (Å²) in [5.74, 6) is -2.85. The Labute approximate surface area is 117 Å². The molecule has 6 nitrogen and oxygen atoms in total. The highest BCUT2D eigenvalue weighted by atomic mass is 16.4. The van der Waals surface area contributed by atoms with Crippen molar-refractivity contribution < 1.29 is 19.5 Å². The zero-order valence-electron chi connectivity index (χ0n) is 11.5. The van der Waals surface area contributed by atoms with E-state index in [1.54, 1.807) is 13.0 Å². The average molecular weight is 280 g/mol. The third-order valence-corrected chi connectivity index (χ3v) is 3.76. The van der Waals surface area contributed by atoms with Gasteiger partial charge in [0.15, 0.2) is 0 Å². The third kappa shape index (κ3) is 3.59. The summed E-state index contributed by atoms with van der Waals surface area (Å²) in [5.41, 5.74) is 0. The first kappa shape index (κ1) is 14.6. The molecule has 1 fully saturated rings. The van der Waals surface area contributed by atoms with Crippen molar-refractivity contribution in [1.29, 1.82) is 0 Å². The fraction of sp³-hybridized carbons (Fsp3) is 0.643. The molecule has 0 aliphatic heterocycles. The van der Waals surface area contributed by atoms with E-state index < -0.39 is 23.8 Å². The van der Waals surface area contributed by atoms with Gasteiger partial charge < -0.3 is 15.7 Å². The Morgan fingerprint density at radius 3 is 2.30 bits per heavy atom. The van der Waals surface area contributed by atoms with Crippen molar-refractivity contribution in [3.63, 3.8) is 0 Å². The van der Waals surface area contributed by atoms with Gasteiger partial charge in [-0.2, -0.15) is 0 Å². The van der Waals surface area contributed by atoms with Gasteiger partial charge in [-0.3, -0.25) is 14.4 Å². The number of aliphatic carboxylic acids is 1.